The highest BCUT2D eigenvalue weighted by molar-refractivity contribution is 6.38. The van der Waals surface area contributed by atoms with E-state index in [9.17, 15) is 4.79 Å². The van der Waals surface area contributed by atoms with Crippen LogP contribution in [-0.2, 0) is 4.79 Å². The molecule has 4 bridgehead atoms. The van der Waals surface area contributed by atoms with E-state index in [1.54, 1.807) is 0 Å². The molecule has 1 aliphatic heterocycles. The molecule has 4 heteroatoms. The van der Waals surface area contributed by atoms with Crippen LogP contribution >= 0.6 is 0 Å². The molecule has 1 amide bonds. The summed E-state index contributed by atoms with van der Waals surface area (Å²) in [6.07, 6.45) is 8.89. The monoisotopic (exact) mass is 261 g/mol. The molecular weight excluding hydrogens is 238 g/mol. The lowest BCUT2D eigenvalue weighted by Gasteiger charge is -2.56. The number of hydrogen-bond acceptors (Lipinski definition) is 3. The Morgan fingerprint density at radius 1 is 1.16 bits per heavy atom. The molecule has 4 aliphatic carbocycles. The Bertz CT molecular complexity index is 394. The van der Waals surface area contributed by atoms with Gasteiger partial charge in [0.15, 0.2) is 5.84 Å². The zero-order valence-electron chi connectivity index (χ0n) is 11.5. The predicted octanol–water partition coefficient (Wildman–Crippen LogP) is 1.46. The molecule has 0 saturated heterocycles. The zero-order valence-corrected chi connectivity index (χ0v) is 11.5. The molecular formula is C15H23N3O. The maximum Gasteiger partial charge on any atom is 0.286 e. The van der Waals surface area contributed by atoms with Gasteiger partial charge in [-0.25, -0.2) is 0 Å². The van der Waals surface area contributed by atoms with Crippen molar-refractivity contribution in [2.75, 3.05) is 13.1 Å². The van der Waals surface area contributed by atoms with Gasteiger partial charge in [0.05, 0.1) is 0 Å². The van der Waals surface area contributed by atoms with Gasteiger partial charge in [-0.3, -0.25) is 9.79 Å². The molecule has 4 saturated carbocycles. The van der Waals surface area contributed by atoms with Crippen LogP contribution in [-0.4, -0.2) is 30.4 Å². The summed E-state index contributed by atoms with van der Waals surface area (Å²) < 4.78 is 0. The van der Waals surface area contributed by atoms with Crippen molar-refractivity contribution >= 4 is 11.7 Å². The van der Waals surface area contributed by atoms with E-state index in [2.05, 4.69) is 15.6 Å². The first-order chi connectivity index (χ1) is 9.22. The van der Waals surface area contributed by atoms with Crippen LogP contribution in [0.5, 0.6) is 0 Å². The van der Waals surface area contributed by atoms with E-state index in [0.29, 0.717) is 5.84 Å². The highest BCUT2D eigenvalue weighted by Gasteiger charge is 2.51. The highest BCUT2D eigenvalue weighted by atomic mass is 16.2. The van der Waals surface area contributed by atoms with Crippen LogP contribution in [0.1, 0.15) is 44.9 Å². The maximum atomic E-state index is 12.4. The lowest BCUT2D eigenvalue weighted by molar-refractivity contribution is -0.120. The van der Waals surface area contributed by atoms with Crippen molar-refractivity contribution in [3.8, 4) is 0 Å². The fraction of sp³-hybridized carbons (Fsp3) is 0.867. The highest BCUT2D eigenvalue weighted by Crippen LogP contribution is 2.55. The van der Waals surface area contributed by atoms with Crippen LogP contribution in [0, 0.1) is 17.8 Å². The van der Waals surface area contributed by atoms with E-state index < -0.39 is 0 Å². The van der Waals surface area contributed by atoms with Gasteiger partial charge < -0.3 is 10.6 Å². The van der Waals surface area contributed by atoms with Gasteiger partial charge in [-0.15, -0.1) is 0 Å². The average molecular weight is 261 g/mol. The summed E-state index contributed by atoms with van der Waals surface area (Å²) in [6, 6.07) is 0. The fourth-order valence-electron chi connectivity index (χ4n) is 5.25. The molecule has 5 aliphatic rings. The van der Waals surface area contributed by atoms with E-state index in [1.165, 1.54) is 38.5 Å². The number of carbonyl (C=O) groups excluding carboxylic acids is 1. The molecule has 2 N–H and O–H groups in total. The number of nitrogens with one attached hydrogen (secondary N) is 2. The van der Waals surface area contributed by atoms with Crippen molar-refractivity contribution in [3.05, 3.63) is 0 Å². The number of carbonyl (C=O) groups is 1. The molecule has 0 aromatic carbocycles. The fourth-order valence-corrected chi connectivity index (χ4v) is 5.25. The Kier molecular flexibility index (Phi) is 2.61. The minimum Gasteiger partial charge on any atom is -0.366 e. The second-order valence-electron chi connectivity index (χ2n) is 7.16. The van der Waals surface area contributed by atoms with Crippen molar-refractivity contribution < 1.29 is 4.79 Å². The molecule has 4 fully saturated rings. The summed E-state index contributed by atoms with van der Waals surface area (Å²) in [6.45, 7) is 1.67. The summed E-state index contributed by atoms with van der Waals surface area (Å²) >= 11 is 0. The first kappa shape index (κ1) is 11.7. The number of hydrogen-bond donors (Lipinski definition) is 2. The molecule has 0 atom stereocenters. The summed E-state index contributed by atoms with van der Waals surface area (Å²) in [7, 11) is 0. The second-order valence-corrected chi connectivity index (χ2v) is 7.16. The van der Waals surface area contributed by atoms with Gasteiger partial charge in [-0.05, 0) is 62.7 Å². The molecule has 5 rings (SSSR count). The molecule has 0 spiro atoms. The van der Waals surface area contributed by atoms with Crippen LogP contribution in [0.15, 0.2) is 4.99 Å². The molecule has 19 heavy (non-hydrogen) atoms. The Hall–Kier alpha value is -1.06. The zero-order chi connectivity index (χ0) is 12.9. The number of amides is 1. The first-order valence-corrected chi connectivity index (χ1v) is 7.83. The molecule has 0 radical (unpaired) electrons. The van der Waals surface area contributed by atoms with Crippen molar-refractivity contribution in [2.45, 2.75) is 50.5 Å². The second kappa shape index (κ2) is 4.22. The van der Waals surface area contributed by atoms with E-state index in [4.69, 9.17) is 0 Å². The lowest BCUT2D eigenvalue weighted by Crippen LogP contribution is -2.62. The molecule has 0 aromatic heterocycles. The van der Waals surface area contributed by atoms with Crippen molar-refractivity contribution in [1.29, 1.82) is 0 Å². The average Bonchev–Trinajstić information content (AvgIpc) is 2.37. The van der Waals surface area contributed by atoms with Crippen molar-refractivity contribution in [1.82, 2.24) is 10.6 Å². The Morgan fingerprint density at radius 2 is 1.79 bits per heavy atom. The van der Waals surface area contributed by atoms with Crippen LogP contribution < -0.4 is 10.6 Å². The summed E-state index contributed by atoms with van der Waals surface area (Å²) in [5.74, 6) is 3.22. The quantitative estimate of drug-likeness (QED) is 0.791. The largest absolute Gasteiger partial charge is 0.366 e. The van der Waals surface area contributed by atoms with Gasteiger partial charge in [0, 0.05) is 18.6 Å². The normalized spacial score (nSPS) is 43.6. The van der Waals surface area contributed by atoms with Crippen molar-refractivity contribution in [2.24, 2.45) is 22.7 Å². The van der Waals surface area contributed by atoms with Gasteiger partial charge >= 0.3 is 0 Å². The predicted molar refractivity (Wildman–Crippen MR) is 74.0 cm³/mol. The first-order valence-electron chi connectivity index (χ1n) is 7.83. The number of aliphatic imine (C=N–C) groups is 1. The van der Waals surface area contributed by atoms with Gasteiger partial charge in [-0.1, -0.05) is 0 Å². The maximum absolute atomic E-state index is 12.4. The molecule has 4 nitrogen and oxygen atoms in total. The number of rotatable bonds is 2. The van der Waals surface area contributed by atoms with Crippen LogP contribution in [0.2, 0.25) is 0 Å². The molecule has 0 unspecified atom stereocenters. The Labute approximate surface area is 114 Å². The Morgan fingerprint density at radius 3 is 2.32 bits per heavy atom. The van der Waals surface area contributed by atoms with Crippen molar-refractivity contribution in [3.63, 3.8) is 0 Å². The van der Waals surface area contributed by atoms with E-state index >= 15 is 0 Å². The van der Waals surface area contributed by atoms with E-state index in [-0.39, 0.29) is 11.4 Å². The Balaban J connectivity index is 1.50. The number of amidine groups is 1. The summed E-state index contributed by atoms with van der Waals surface area (Å²) in [4.78, 5) is 16.7. The van der Waals surface area contributed by atoms with Gasteiger partial charge in [0.1, 0.15) is 0 Å². The minimum absolute atomic E-state index is 0.0432. The van der Waals surface area contributed by atoms with E-state index in [0.717, 1.165) is 37.3 Å². The minimum atomic E-state index is 0.0432. The SMILES string of the molecule is O=C(NC12CC3CC(CC(C3)C1)C2)C1=NCCCN1. The lowest BCUT2D eigenvalue weighted by atomic mass is 9.53. The van der Waals surface area contributed by atoms with E-state index in [1.807, 2.05) is 0 Å². The molecule has 1 heterocycles. The summed E-state index contributed by atoms with van der Waals surface area (Å²) in [5, 5.41) is 6.50. The van der Waals surface area contributed by atoms with Gasteiger partial charge in [-0.2, -0.15) is 0 Å². The summed E-state index contributed by atoms with van der Waals surface area (Å²) in [5.41, 5.74) is 0.105. The number of nitrogens with zero attached hydrogens (tertiary/aromatic N) is 1. The third-order valence-corrected chi connectivity index (χ3v) is 5.53. The third kappa shape index (κ3) is 2.05. The smallest absolute Gasteiger partial charge is 0.286 e. The van der Waals surface area contributed by atoms with Gasteiger partial charge in [0.25, 0.3) is 5.91 Å². The topological polar surface area (TPSA) is 53.5 Å². The molecule has 104 valence electrons. The van der Waals surface area contributed by atoms with Crippen LogP contribution in [0.3, 0.4) is 0 Å². The van der Waals surface area contributed by atoms with Gasteiger partial charge in [0.2, 0.25) is 0 Å². The van der Waals surface area contributed by atoms with Crippen LogP contribution in [0.25, 0.3) is 0 Å². The molecule has 0 aromatic rings. The standard InChI is InChI=1S/C15H23N3O/c19-14(13-16-2-1-3-17-13)18-15-7-10-4-11(8-15)6-12(5-10)9-15/h10-12H,1-9H2,(H,16,17)(H,18,19). The third-order valence-electron chi connectivity index (χ3n) is 5.53. The van der Waals surface area contributed by atoms with Crippen LogP contribution in [0.4, 0.5) is 0 Å².